The van der Waals surface area contributed by atoms with E-state index >= 15 is 0 Å². The first-order valence-electron chi connectivity index (χ1n) is 4.29. The molecule has 4 nitrogen and oxygen atoms in total. The minimum absolute atomic E-state index is 0.269. The Morgan fingerprint density at radius 1 is 1.54 bits per heavy atom. The van der Waals surface area contributed by atoms with Gasteiger partial charge in [0, 0.05) is 13.1 Å². The van der Waals surface area contributed by atoms with Crippen LogP contribution in [0.5, 0.6) is 0 Å². The average molecular weight is 203 g/mol. The van der Waals surface area contributed by atoms with Crippen molar-refractivity contribution in [1.82, 2.24) is 4.90 Å². The molecule has 0 spiro atoms. The number of rotatable bonds is 1. The molecule has 0 radical (unpaired) electrons. The number of hydrogen-bond acceptors (Lipinski definition) is 4. The predicted octanol–water partition coefficient (Wildman–Crippen LogP) is 0.209. The summed E-state index contributed by atoms with van der Waals surface area (Å²) in [6.07, 6.45) is 0. The fourth-order valence-corrected chi connectivity index (χ4v) is 1.33. The van der Waals surface area contributed by atoms with Crippen molar-refractivity contribution in [2.45, 2.75) is 6.92 Å². The van der Waals surface area contributed by atoms with Gasteiger partial charge in [-0.25, -0.2) is 4.79 Å². The Kier molecular flexibility index (Phi) is 4.11. The van der Waals surface area contributed by atoms with Crippen molar-refractivity contribution in [2.24, 2.45) is 0 Å². The van der Waals surface area contributed by atoms with E-state index in [9.17, 15) is 4.79 Å². The summed E-state index contributed by atoms with van der Waals surface area (Å²) in [5.41, 5.74) is 0. The van der Waals surface area contributed by atoms with Gasteiger partial charge in [0.2, 0.25) is 0 Å². The highest BCUT2D eigenvalue weighted by atomic mass is 32.1. The number of morpholine rings is 1. The molecule has 13 heavy (non-hydrogen) atoms. The molecule has 0 atom stereocenters. The van der Waals surface area contributed by atoms with Gasteiger partial charge in [0.25, 0.3) is 0 Å². The van der Waals surface area contributed by atoms with E-state index < -0.39 is 5.97 Å². The Morgan fingerprint density at radius 3 is 2.69 bits per heavy atom. The van der Waals surface area contributed by atoms with Gasteiger partial charge < -0.3 is 14.4 Å². The van der Waals surface area contributed by atoms with E-state index in [0.717, 1.165) is 0 Å². The lowest BCUT2D eigenvalue weighted by Gasteiger charge is -2.27. The van der Waals surface area contributed by atoms with Crippen molar-refractivity contribution >= 4 is 23.2 Å². The van der Waals surface area contributed by atoms with E-state index in [-0.39, 0.29) is 4.99 Å². The molecule has 1 fully saturated rings. The lowest BCUT2D eigenvalue weighted by molar-refractivity contribution is -0.135. The summed E-state index contributed by atoms with van der Waals surface area (Å²) in [4.78, 5) is 13.3. The van der Waals surface area contributed by atoms with Gasteiger partial charge in [0.05, 0.1) is 19.8 Å². The third kappa shape index (κ3) is 2.93. The van der Waals surface area contributed by atoms with E-state index in [1.54, 1.807) is 6.92 Å². The molecule has 0 amide bonds. The van der Waals surface area contributed by atoms with Crippen LogP contribution in [-0.4, -0.2) is 48.8 Å². The van der Waals surface area contributed by atoms with Gasteiger partial charge in [-0.05, 0) is 6.92 Å². The van der Waals surface area contributed by atoms with Crippen molar-refractivity contribution in [3.63, 3.8) is 0 Å². The van der Waals surface area contributed by atoms with E-state index in [1.807, 2.05) is 4.90 Å². The third-order valence-electron chi connectivity index (χ3n) is 1.75. The van der Waals surface area contributed by atoms with Crippen molar-refractivity contribution in [2.75, 3.05) is 32.9 Å². The first-order chi connectivity index (χ1) is 6.25. The summed E-state index contributed by atoms with van der Waals surface area (Å²) in [5, 5.41) is 0. The number of ether oxygens (including phenoxy) is 2. The second-order valence-electron chi connectivity index (χ2n) is 2.63. The summed E-state index contributed by atoms with van der Waals surface area (Å²) in [7, 11) is 0. The summed E-state index contributed by atoms with van der Waals surface area (Å²) in [5.74, 6) is -0.403. The van der Waals surface area contributed by atoms with Crippen LogP contribution in [0, 0.1) is 0 Å². The number of carbonyl (C=O) groups is 1. The molecular weight excluding hydrogens is 190 g/mol. The normalized spacial score (nSPS) is 16.8. The molecule has 1 aliphatic rings. The number of carbonyl (C=O) groups excluding carboxylic acids is 1. The molecule has 0 aromatic carbocycles. The highest BCUT2D eigenvalue weighted by Gasteiger charge is 2.20. The highest BCUT2D eigenvalue weighted by Crippen LogP contribution is 2.00. The van der Waals surface area contributed by atoms with Crippen LogP contribution in [0.2, 0.25) is 0 Å². The van der Waals surface area contributed by atoms with Gasteiger partial charge in [-0.1, -0.05) is 12.2 Å². The molecule has 1 aliphatic heterocycles. The molecule has 0 aliphatic carbocycles. The van der Waals surface area contributed by atoms with Gasteiger partial charge >= 0.3 is 5.97 Å². The fraction of sp³-hybridized carbons (Fsp3) is 0.750. The van der Waals surface area contributed by atoms with Gasteiger partial charge in [-0.15, -0.1) is 0 Å². The third-order valence-corrected chi connectivity index (χ3v) is 2.17. The molecule has 1 saturated heterocycles. The van der Waals surface area contributed by atoms with E-state index in [2.05, 4.69) is 0 Å². The van der Waals surface area contributed by atoms with Crippen molar-refractivity contribution in [3.8, 4) is 0 Å². The first-order valence-corrected chi connectivity index (χ1v) is 4.70. The number of hydrogen-bond donors (Lipinski definition) is 0. The molecule has 74 valence electrons. The quantitative estimate of drug-likeness (QED) is 0.450. The molecule has 0 aromatic heterocycles. The number of thiocarbonyl (C=S) groups is 1. The van der Waals surface area contributed by atoms with Crippen LogP contribution in [0.4, 0.5) is 0 Å². The predicted molar refractivity (Wildman–Crippen MR) is 51.6 cm³/mol. The summed E-state index contributed by atoms with van der Waals surface area (Å²) in [6, 6.07) is 0. The zero-order chi connectivity index (χ0) is 9.68. The van der Waals surface area contributed by atoms with Gasteiger partial charge in [-0.2, -0.15) is 0 Å². The highest BCUT2D eigenvalue weighted by molar-refractivity contribution is 7.81. The van der Waals surface area contributed by atoms with Gasteiger partial charge in [-0.3, -0.25) is 0 Å². The van der Waals surface area contributed by atoms with Crippen LogP contribution < -0.4 is 0 Å². The lowest BCUT2D eigenvalue weighted by atomic mass is 10.4. The molecule has 1 rings (SSSR count). The minimum atomic E-state index is -0.403. The van der Waals surface area contributed by atoms with Crippen LogP contribution in [0.25, 0.3) is 0 Å². The Hall–Kier alpha value is -0.680. The smallest absolute Gasteiger partial charge is 0.366 e. The van der Waals surface area contributed by atoms with Crippen molar-refractivity contribution in [1.29, 1.82) is 0 Å². The Balaban J connectivity index is 2.40. The summed E-state index contributed by atoms with van der Waals surface area (Å²) < 4.78 is 9.93. The van der Waals surface area contributed by atoms with Crippen LogP contribution in [0.15, 0.2) is 0 Å². The van der Waals surface area contributed by atoms with Gasteiger partial charge in [0.1, 0.15) is 0 Å². The Labute approximate surface area is 82.8 Å². The second kappa shape index (κ2) is 5.14. The maximum Gasteiger partial charge on any atom is 0.366 e. The Bertz CT molecular complexity index is 202. The minimum Gasteiger partial charge on any atom is -0.461 e. The molecule has 0 unspecified atom stereocenters. The van der Waals surface area contributed by atoms with E-state index in [1.165, 1.54) is 0 Å². The average Bonchev–Trinajstić information content (AvgIpc) is 2.18. The molecule has 0 saturated carbocycles. The van der Waals surface area contributed by atoms with Crippen molar-refractivity contribution in [3.05, 3.63) is 0 Å². The fourth-order valence-electron chi connectivity index (χ4n) is 1.09. The standard InChI is InChI=1S/C8H13NO3S/c1-2-12-8(10)7(13)9-3-5-11-6-4-9/h2-6H2,1H3. The molecule has 5 heteroatoms. The van der Waals surface area contributed by atoms with Crippen LogP contribution in [0.1, 0.15) is 6.92 Å². The van der Waals surface area contributed by atoms with Gasteiger partial charge in [0.15, 0.2) is 4.99 Å². The summed E-state index contributed by atoms with van der Waals surface area (Å²) >= 11 is 4.96. The van der Waals surface area contributed by atoms with Crippen LogP contribution in [0.3, 0.4) is 0 Å². The maximum atomic E-state index is 11.2. The topological polar surface area (TPSA) is 38.8 Å². The van der Waals surface area contributed by atoms with E-state index in [4.69, 9.17) is 21.7 Å². The van der Waals surface area contributed by atoms with E-state index in [0.29, 0.717) is 32.9 Å². The lowest BCUT2D eigenvalue weighted by Crippen LogP contribution is -2.43. The first kappa shape index (κ1) is 10.4. The molecule has 0 N–H and O–H groups in total. The van der Waals surface area contributed by atoms with Crippen LogP contribution >= 0.6 is 12.2 Å². The largest absolute Gasteiger partial charge is 0.461 e. The SMILES string of the molecule is CCOC(=O)C(=S)N1CCOCC1. The number of nitrogens with zero attached hydrogens (tertiary/aromatic N) is 1. The molecular formula is C8H13NO3S. The second-order valence-corrected chi connectivity index (χ2v) is 3.01. The number of esters is 1. The molecule has 0 aromatic rings. The van der Waals surface area contributed by atoms with Crippen LogP contribution in [-0.2, 0) is 14.3 Å². The maximum absolute atomic E-state index is 11.2. The Morgan fingerprint density at radius 2 is 2.15 bits per heavy atom. The monoisotopic (exact) mass is 203 g/mol. The zero-order valence-corrected chi connectivity index (χ0v) is 8.43. The molecule has 1 heterocycles. The van der Waals surface area contributed by atoms with Crippen molar-refractivity contribution < 1.29 is 14.3 Å². The molecule has 0 bridgehead atoms. The zero-order valence-electron chi connectivity index (χ0n) is 7.62. The summed E-state index contributed by atoms with van der Waals surface area (Å²) in [6.45, 7) is 4.73.